The summed E-state index contributed by atoms with van der Waals surface area (Å²) in [6.07, 6.45) is 0. The fourth-order valence-corrected chi connectivity index (χ4v) is 5.09. The van der Waals surface area contributed by atoms with E-state index in [1.807, 2.05) is 0 Å². The molecule has 0 bridgehead atoms. The number of hydrogen-bond acceptors (Lipinski definition) is 4. The second-order valence-electron chi connectivity index (χ2n) is 3.35. The third kappa shape index (κ3) is 3.26. The van der Waals surface area contributed by atoms with Crippen LogP contribution in [0.25, 0.3) is 0 Å². The van der Waals surface area contributed by atoms with Gasteiger partial charge in [0.2, 0.25) is 0 Å². The Morgan fingerprint density at radius 1 is 1.29 bits per heavy atom. The van der Waals surface area contributed by atoms with Crippen LogP contribution < -0.4 is 11.0 Å². The Bertz CT molecular complexity index is 458. The Balaban J connectivity index is 3.25. The molecule has 0 aliphatic rings. The van der Waals surface area contributed by atoms with Crippen molar-refractivity contribution in [2.75, 3.05) is 6.61 Å². The highest BCUT2D eigenvalue weighted by molar-refractivity contribution is 7.79. The van der Waals surface area contributed by atoms with E-state index < -0.39 is 20.5 Å². The van der Waals surface area contributed by atoms with Gasteiger partial charge >= 0.3 is 7.60 Å². The highest BCUT2D eigenvalue weighted by Crippen LogP contribution is 2.61. The first-order valence-electron chi connectivity index (χ1n) is 4.93. The van der Waals surface area contributed by atoms with Gasteiger partial charge in [0, 0.05) is 5.30 Å². The van der Waals surface area contributed by atoms with Crippen LogP contribution in [0.1, 0.15) is 6.92 Å². The smallest absolute Gasteiger partial charge is 0.324 e. The Hall–Kier alpha value is -0.480. The van der Waals surface area contributed by atoms with Crippen molar-refractivity contribution in [3.8, 4) is 0 Å². The van der Waals surface area contributed by atoms with Gasteiger partial charge in [-0.15, -0.1) is 0 Å². The molecule has 0 radical (unpaired) electrons. The van der Waals surface area contributed by atoms with Crippen molar-refractivity contribution < 1.29 is 23.4 Å². The summed E-state index contributed by atoms with van der Waals surface area (Å²) in [4.78, 5) is 18.1. The van der Waals surface area contributed by atoms with Crippen molar-refractivity contribution >= 4 is 20.3 Å². The second kappa shape index (κ2) is 5.44. The van der Waals surface area contributed by atoms with Crippen LogP contribution in [-0.4, -0.2) is 21.9 Å². The first kappa shape index (κ1) is 14.6. The molecule has 0 aliphatic heterocycles. The van der Waals surface area contributed by atoms with Crippen LogP contribution in [0.4, 0.5) is 0 Å². The first-order valence-corrected chi connectivity index (χ1v) is 8.30. The topological polar surface area (TPSA) is 110 Å². The summed E-state index contributed by atoms with van der Waals surface area (Å²) in [5.74, 6) is 0. The molecule has 0 aromatic heterocycles. The van der Waals surface area contributed by atoms with Crippen molar-refractivity contribution in [1.29, 1.82) is 0 Å². The zero-order valence-corrected chi connectivity index (χ0v) is 11.1. The van der Waals surface area contributed by atoms with Crippen molar-refractivity contribution in [3.05, 3.63) is 30.3 Å². The molecule has 0 heterocycles. The highest BCUT2D eigenvalue weighted by atomic mass is 31.2. The molecular weight excluding hydrogens is 264 g/mol. The maximum Gasteiger partial charge on any atom is 0.352 e. The predicted octanol–water partition coefficient (Wildman–Crippen LogP) is 1.05. The molecule has 0 saturated heterocycles. The van der Waals surface area contributed by atoms with E-state index in [9.17, 15) is 9.13 Å². The quantitative estimate of drug-likeness (QED) is 0.695. The summed E-state index contributed by atoms with van der Waals surface area (Å²) >= 11 is 0. The van der Waals surface area contributed by atoms with Gasteiger partial charge in [-0.25, -0.2) is 0 Å². The highest BCUT2D eigenvalue weighted by Gasteiger charge is 2.44. The Labute approximate surface area is 99.4 Å². The number of nitrogens with two attached hydrogens (primary N) is 1. The monoisotopic (exact) mass is 279 g/mol. The van der Waals surface area contributed by atoms with Crippen molar-refractivity contribution in [2.24, 2.45) is 5.73 Å². The molecule has 8 heteroatoms. The normalized spacial score (nSPS) is 17.4. The molecule has 0 aliphatic carbocycles. The van der Waals surface area contributed by atoms with Gasteiger partial charge in [-0.2, -0.15) is 0 Å². The van der Waals surface area contributed by atoms with Gasteiger partial charge in [0.15, 0.2) is 5.52 Å². The SMILES string of the molecule is CCOP(=O)(c1ccccc1)C(N)P(=O)(O)O. The van der Waals surface area contributed by atoms with Gasteiger partial charge in [-0.05, 0) is 19.1 Å². The zero-order valence-electron chi connectivity index (χ0n) is 9.26. The van der Waals surface area contributed by atoms with Gasteiger partial charge in [0.05, 0.1) is 6.61 Å². The van der Waals surface area contributed by atoms with E-state index in [0.717, 1.165) is 0 Å². The minimum Gasteiger partial charge on any atom is -0.324 e. The van der Waals surface area contributed by atoms with Crippen LogP contribution in [-0.2, 0) is 13.7 Å². The molecule has 96 valence electrons. The first-order chi connectivity index (χ1) is 7.82. The molecule has 0 spiro atoms. The van der Waals surface area contributed by atoms with Crippen molar-refractivity contribution in [1.82, 2.24) is 0 Å². The van der Waals surface area contributed by atoms with Crippen LogP contribution in [0.2, 0.25) is 0 Å². The summed E-state index contributed by atoms with van der Waals surface area (Å²) in [6, 6.07) is 7.86. The van der Waals surface area contributed by atoms with E-state index in [1.165, 1.54) is 12.1 Å². The number of benzene rings is 1. The third-order valence-corrected chi connectivity index (χ3v) is 6.99. The van der Waals surface area contributed by atoms with E-state index >= 15 is 0 Å². The van der Waals surface area contributed by atoms with Gasteiger partial charge in [-0.1, -0.05) is 18.2 Å². The summed E-state index contributed by atoms with van der Waals surface area (Å²) in [7, 11) is -8.45. The Kier molecular flexibility index (Phi) is 4.67. The van der Waals surface area contributed by atoms with E-state index in [1.54, 1.807) is 25.1 Å². The van der Waals surface area contributed by atoms with Crippen LogP contribution in [0.5, 0.6) is 0 Å². The summed E-state index contributed by atoms with van der Waals surface area (Å²) in [5.41, 5.74) is 3.56. The molecule has 6 nitrogen and oxygen atoms in total. The van der Waals surface area contributed by atoms with E-state index in [2.05, 4.69) is 0 Å². The molecule has 2 unspecified atom stereocenters. The van der Waals surface area contributed by atoms with Gasteiger partial charge in [-0.3, -0.25) is 9.13 Å². The average molecular weight is 279 g/mol. The molecule has 0 fully saturated rings. The molecule has 4 N–H and O–H groups in total. The van der Waals surface area contributed by atoms with E-state index in [4.69, 9.17) is 20.0 Å². The maximum atomic E-state index is 12.5. The fourth-order valence-electron chi connectivity index (χ4n) is 1.33. The lowest BCUT2D eigenvalue weighted by Gasteiger charge is -2.24. The van der Waals surface area contributed by atoms with Crippen LogP contribution >= 0.6 is 15.0 Å². The molecule has 2 atom stereocenters. The average Bonchev–Trinajstić information content (AvgIpc) is 2.28. The molecule has 0 saturated carbocycles. The molecule has 0 amide bonds. The molecular formula is C9H15NO5P2. The predicted molar refractivity (Wildman–Crippen MR) is 65.3 cm³/mol. The number of hydrogen-bond donors (Lipinski definition) is 3. The maximum absolute atomic E-state index is 12.5. The Morgan fingerprint density at radius 3 is 2.24 bits per heavy atom. The third-order valence-electron chi connectivity index (χ3n) is 2.13. The summed E-state index contributed by atoms with van der Waals surface area (Å²) in [6.45, 7) is 1.64. The van der Waals surface area contributed by atoms with Crippen LogP contribution in [0, 0.1) is 0 Å². The standard InChI is InChI=1S/C9H15NO5P2/c1-2-15-16(11,9(10)17(12,13)14)8-6-4-3-5-7-8/h3-7,9H,2,10H2,1H3,(H2,12,13,14). The molecule has 1 aromatic carbocycles. The molecule has 17 heavy (non-hydrogen) atoms. The van der Waals surface area contributed by atoms with Crippen LogP contribution in [0.3, 0.4) is 0 Å². The zero-order chi connectivity index (χ0) is 13.1. The van der Waals surface area contributed by atoms with Crippen LogP contribution in [0.15, 0.2) is 30.3 Å². The van der Waals surface area contributed by atoms with Crippen molar-refractivity contribution in [3.63, 3.8) is 0 Å². The largest absolute Gasteiger partial charge is 0.352 e. The van der Waals surface area contributed by atoms with E-state index in [-0.39, 0.29) is 11.9 Å². The second-order valence-corrected chi connectivity index (χ2v) is 8.02. The fraction of sp³-hybridized carbons (Fsp3) is 0.333. The minimum atomic E-state index is -4.68. The Morgan fingerprint density at radius 2 is 1.82 bits per heavy atom. The molecule has 1 rings (SSSR count). The van der Waals surface area contributed by atoms with Gasteiger partial charge in [0.25, 0.3) is 7.37 Å². The summed E-state index contributed by atoms with van der Waals surface area (Å²) < 4.78 is 28.7. The lowest BCUT2D eigenvalue weighted by molar-refractivity contribution is 0.327. The van der Waals surface area contributed by atoms with E-state index in [0.29, 0.717) is 0 Å². The van der Waals surface area contributed by atoms with Crippen molar-refractivity contribution in [2.45, 2.75) is 12.4 Å². The minimum absolute atomic E-state index is 0.0554. The van der Waals surface area contributed by atoms with Gasteiger partial charge < -0.3 is 20.0 Å². The van der Waals surface area contributed by atoms with Gasteiger partial charge in [0.1, 0.15) is 0 Å². The lowest BCUT2D eigenvalue weighted by Crippen LogP contribution is -2.27. The lowest BCUT2D eigenvalue weighted by atomic mass is 10.4. The number of rotatable bonds is 5. The summed E-state index contributed by atoms with van der Waals surface area (Å²) in [5, 5.41) is 0.206. The molecule has 1 aromatic rings.